The van der Waals surface area contributed by atoms with Crippen LogP contribution in [0.25, 0.3) is 0 Å². The highest BCUT2D eigenvalue weighted by Crippen LogP contribution is 2.22. The number of amides is 2. The Bertz CT molecular complexity index is 624. The van der Waals surface area contributed by atoms with Gasteiger partial charge in [0.05, 0.1) is 11.1 Å². The van der Waals surface area contributed by atoms with Crippen LogP contribution in [0.5, 0.6) is 0 Å². The van der Waals surface area contributed by atoms with Gasteiger partial charge in [-0.3, -0.25) is 9.59 Å². The standard InChI is InChI=1S/C15H18N2O4/c1-8-4-5-9(2)12(15(20)21)11(8)14(19)17-7-6-16-13(18)10(17)3/h4-5,10H,6-7H2,1-3H3,(H,16,18)(H,20,21). The zero-order valence-electron chi connectivity index (χ0n) is 12.3. The molecule has 0 bridgehead atoms. The van der Waals surface area contributed by atoms with Gasteiger partial charge in [0.25, 0.3) is 5.91 Å². The summed E-state index contributed by atoms with van der Waals surface area (Å²) in [7, 11) is 0. The predicted molar refractivity (Wildman–Crippen MR) is 76.4 cm³/mol. The van der Waals surface area contributed by atoms with E-state index in [0.717, 1.165) is 0 Å². The Morgan fingerprint density at radius 2 is 1.81 bits per heavy atom. The first-order valence-electron chi connectivity index (χ1n) is 6.76. The van der Waals surface area contributed by atoms with Gasteiger partial charge in [-0.2, -0.15) is 0 Å². The summed E-state index contributed by atoms with van der Waals surface area (Å²) in [5.74, 6) is -1.76. The van der Waals surface area contributed by atoms with Gasteiger partial charge in [-0.05, 0) is 31.9 Å². The molecule has 1 aromatic carbocycles. The SMILES string of the molecule is Cc1ccc(C)c(C(=O)N2CCNC(=O)C2C)c1C(=O)O. The summed E-state index contributed by atoms with van der Waals surface area (Å²) in [6, 6.07) is 2.80. The Morgan fingerprint density at radius 1 is 1.24 bits per heavy atom. The van der Waals surface area contributed by atoms with Crippen molar-refractivity contribution in [3.63, 3.8) is 0 Å². The number of hydrogen-bond acceptors (Lipinski definition) is 3. The van der Waals surface area contributed by atoms with E-state index in [-0.39, 0.29) is 17.0 Å². The van der Waals surface area contributed by atoms with Crippen LogP contribution in [0.1, 0.15) is 38.8 Å². The van der Waals surface area contributed by atoms with E-state index in [1.807, 2.05) is 0 Å². The molecule has 2 N–H and O–H groups in total. The lowest BCUT2D eigenvalue weighted by molar-refractivity contribution is -0.127. The number of benzene rings is 1. The molecular formula is C15H18N2O4. The van der Waals surface area contributed by atoms with E-state index in [0.29, 0.717) is 24.2 Å². The number of carbonyl (C=O) groups is 3. The zero-order valence-corrected chi connectivity index (χ0v) is 12.3. The molecular weight excluding hydrogens is 272 g/mol. The first kappa shape index (κ1) is 15.0. The summed E-state index contributed by atoms with van der Waals surface area (Å²) < 4.78 is 0. The van der Waals surface area contributed by atoms with E-state index in [1.165, 1.54) is 4.90 Å². The van der Waals surface area contributed by atoms with E-state index in [9.17, 15) is 19.5 Å². The number of nitrogens with zero attached hydrogens (tertiary/aromatic N) is 1. The Morgan fingerprint density at radius 3 is 2.38 bits per heavy atom. The van der Waals surface area contributed by atoms with E-state index >= 15 is 0 Å². The lowest BCUT2D eigenvalue weighted by Gasteiger charge is -2.33. The quantitative estimate of drug-likeness (QED) is 0.849. The molecule has 0 spiro atoms. The van der Waals surface area contributed by atoms with Crippen molar-refractivity contribution in [3.05, 3.63) is 34.4 Å². The number of nitrogens with one attached hydrogen (secondary N) is 1. The Labute approximate surface area is 122 Å². The largest absolute Gasteiger partial charge is 0.478 e. The molecule has 1 heterocycles. The number of piperazine rings is 1. The average molecular weight is 290 g/mol. The summed E-state index contributed by atoms with van der Waals surface area (Å²) in [5.41, 5.74) is 1.31. The van der Waals surface area contributed by atoms with Crippen molar-refractivity contribution in [1.29, 1.82) is 0 Å². The van der Waals surface area contributed by atoms with E-state index in [1.54, 1.807) is 32.9 Å². The summed E-state index contributed by atoms with van der Waals surface area (Å²) in [4.78, 5) is 37.3. The van der Waals surface area contributed by atoms with Crippen LogP contribution in [-0.2, 0) is 4.79 Å². The van der Waals surface area contributed by atoms with Crippen molar-refractivity contribution in [2.24, 2.45) is 0 Å². The number of aromatic carboxylic acids is 1. The fourth-order valence-corrected chi connectivity index (χ4v) is 2.57. The molecule has 0 aliphatic carbocycles. The van der Waals surface area contributed by atoms with Crippen LogP contribution in [0.2, 0.25) is 0 Å². The number of rotatable bonds is 2. The summed E-state index contributed by atoms with van der Waals surface area (Å²) >= 11 is 0. The molecule has 0 aromatic heterocycles. The van der Waals surface area contributed by atoms with E-state index in [4.69, 9.17) is 0 Å². The van der Waals surface area contributed by atoms with Crippen LogP contribution in [0.3, 0.4) is 0 Å². The molecule has 1 saturated heterocycles. The number of carbonyl (C=O) groups excluding carboxylic acids is 2. The number of aryl methyl sites for hydroxylation is 2. The molecule has 1 atom stereocenters. The second-order valence-corrected chi connectivity index (χ2v) is 5.22. The molecule has 21 heavy (non-hydrogen) atoms. The lowest BCUT2D eigenvalue weighted by Crippen LogP contribution is -2.56. The van der Waals surface area contributed by atoms with E-state index < -0.39 is 17.9 Å². The maximum absolute atomic E-state index is 12.7. The monoisotopic (exact) mass is 290 g/mol. The molecule has 112 valence electrons. The first-order chi connectivity index (χ1) is 9.84. The van der Waals surface area contributed by atoms with Crippen molar-refractivity contribution in [1.82, 2.24) is 10.2 Å². The van der Waals surface area contributed by atoms with E-state index in [2.05, 4.69) is 5.32 Å². The molecule has 6 nitrogen and oxygen atoms in total. The lowest BCUT2D eigenvalue weighted by atomic mass is 9.95. The van der Waals surface area contributed by atoms with Crippen LogP contribution in [0, 0.1) is 13.8 Å². The molecule has 2 amide bonds. The third kappa shape index (κ3) is 2.61. The zero-order chi connectivity index (χ0) is 15.7. The van der Waals surface area contributed by atoms with Gasteiger partial charge in [0.1, 0.15) is 6.04 Å². The number of carboxylic acids is 1. The van der Waals surface area contributed by atoms with Crippen LogP contribution in [0.4, 0.5) is 0 Å². The van der Waals surface area contributed by atoms with Gasteiger partial charge in [0.2, 0.25) is 5.91 Å². The average Bonchev–Trinajstić information content (AvgIpc) is 2.43. The highest BCUT2D eigenvalue weighted by molar-refractivity contribution is 6.08. The van der Waals surface area contributed by atoms with Crippen LogP contribution in [-0.4, -0.2) is 46.9 Å². The van der Waals surface area contributed by atoms with Gasteiger partial charge in [-0.1, -0.05) is 12.1 Å². The fraction of sp³-hybridized carbons (Fsp3) is 0.400. The van der Waals surface area contributed by atoms with Crippen molar-refractivity contribution >= 4 is 17.8 Å². The third-order valence-electron chi connectivity index (χ3n) is 3.81. The minimum atomic E-state index is -1.13. The van der Waals surface area contributed by atoms with Crippen LogP contribution < -0.4 is 5.32 Å². The number of carboxylic acid groups (broad SMARTS) is 1. The summed E-state index contributed by atoms with van der Waals surface area (Å²) in [5, 5.41) is 12.1. The summed E-state index contributed by atoms with van der Waals surface area (Å²) in [6.07, 6.45) is 0. The summed E-state index contributed by atoms with van der Waals surface area (Å²) in [6.45, 7) is 5.75. The van der Waals surface area contributed by atoms with Gasteiger partial charge in [-0.15, -0.1) is 0 Å². The molecule has 6 heteroatoms. The molecule has 1 aliphatic rings. The van der Waals surface area contributed by atoms with Gasteiger partial charge >= 0.3 is 5.97 Å². The van der Waals surface area contributed by atoms with Crippen molar-refractivity contribution in [3.8, 4) is 0 Å². The van der Waals surface area contributed by atoms with Gasteiger partial charge in [-0.25, -0.2) is 4.79 Å². The minimum absolute atomic E-state index is 0.0122. The number of hydrogen-bond donors (Lipinski definition) is 2. The first-order valence-corrected chi connectivity index (χ1v) is 6.76. The molecule has 1 aliphatic heterocycles. The van der Waals surface area contributed by atoms with Crippen LogP contribution >= 0.6 is 0 Å². The van der Waals surface area contributed by atoms with Crippen molar-refractivity contribution in [2.75, 3.05) is 13.1 Å². The maximum atomic E-state index is 12.7. The molecule has 1 fully saturated rings. The van der Waals surface area contributed by atoms with Crippen molar-refractivity contribution < 1.29 is 19.5 Å². The molecule has 2 rings (SSSR count). The van der Waals surface area contributed by atoms with Crippen LogP contribution in [0.15, 0.2) is 12.1 Å². The molecule has 1 aromatic rings. The van der Waals surface area contributed by atoms with Crippen molar-refractivity contribution in [2.45, 2.75) is 26.8 Å². The second kappa shape index (κ2) is 5.55. The smallest absolute Gasteiger partial charge is 0.336 e. The maximum Gasteiger partial charge on any atom is 0.336 e. The Balaban J connectivity index is 2.51. The molecule has 1 unspecified atom stereocenters. The molecule has 0 saturated carbocycles. The Hall–Kier alpha value is -2.37. The second-order valence-electron chi connectivity index (χ2n) is 5.22. The third-order valence-corrected chi connectivity index (χ3v) is 3.81. The topological polar surface area (TPSA) is 86.7 Å². The molecule has 0 radical (unpaired) electrons. The predicted octanol–water partition coefficient (Wildman–Crippen LogP) is 0.962. The van der Waals surface area contributed by atoms with Gasteiger partial charge < -0.3 is 15.3 Å². The normalized spacial score (nSPS) is 18.3. The highest BCUT2D eigenvalue weighted by atomic mass is 16.4. The highest BCUT2D eigenvalue weighted by Gasteiger charge is 2.33. The fourth-order valence-electron chi connectivity index (χ4n) is 2.57. The Kier molecular flexibility index (Phi) is 3.97. The minimum Gasteiger partial charge on any atom is -0.478 e. The van der Waals surface area contributed by atoms with Gasteiger partial charge in [0, 0.05) is 13.1 Å². The van der Waals surface area contributed by atoms with Gasteiger partial charge in [0.15, 0.2) is 0 Å².